The molecule has 1 aliphatic rings. The molecule has 0 spiro atoms. The number of nitrogens with one attached hydrogen (secondary N) is 1. The third kappa shape index (κ3) is 4.06. The minimum atomic E-state index is -0.105. The van der Waals surface area contributed by atoms with Gasteiger partial charge in [-0.15, -0.1) is 11.3 Å². The van der Waals surface area contributed by atoms with Crippen molar-refractivity contribution in [1.29, 1.82) is 0 Å². The van der Waals surface area contributed by atoms with Gasteiger partial charge >= 0.3 is 0 Å². The van der Waals surface area contributed by atoms with E-state index >= 15 is 0 Å². The van der Waals surface area contributed by atoms with E-state index in [4.69, 9.17) is 4.74 Å². The van der Waals surface area contributed by atoms with Crippen LogP contribution in [0.3, 0.4) is 0 Å². The average molecular weight is 391 g/mol. The van der Waals surface area contributed by atoms with Crippen LogP contribution in [0.4, 0.5) is 0 Å². The molecule has 146 valence electrons. The topological polar surface area (TPSA) is 76.5 Å². The molecule has 1 fully saturated rings. The molecule has 1 saturated heterocycles. The SMILES string of the molecule is COCCN1C(=O)C[C@H](CNC(=O)c2csc(C)c2C)[C@H]1c1cnn(C)c1. The van der Waals surface area contributed by atoms with Gasteiger partial charge in [-0.25, -0.2) is 0 Å². The number of methoxy groups -OCH3 is 1. The molecule has 0 unspecified atom stereocenters. The molecule has 1 N–H and O–H groups in total. The van der Waals surface area contributed by atoms with Crippen LogP contribution >= 0.6 is 11.3 Å². The number of likely N-dealkylation sites (tertiary alicyclic amines) is 1. The molecule has 8 heteroatoms. The molecule has 3 heterocycles. The van der Waals surface area contributed by atoms with Gasteiger partial charge in [0, 0.05) is 61.6 Å². The second kappa shape index (κ2) is 8.22. The number of rotatable bonds is 7. The molecular weight excluding hydrogens is 364 g/mol. The molecule has 2 aromatic rings. The van der Waals surface area contributed by atoms with Crippen LogP contribution in [-0.2, 0) is 16.6 Å². The Hall–Kier alpha value is -2.19. The molecule has 0 aliphatic carbocycles. The predicted molar refractivity (Wildman–Crippen MR) is 104 cm³/mol. The molecule has 2 amide bonds. The summed E-state index contributed by atoms with van der Waals surface area (Å²) in [6.45, 7) is 5.43. The highest BCUT2D eigenvalue weighted by Gasteiger charge is 2.41. The number of aromatic nitrogens is 2. The largest absolute Gasteiger partial charge is 0.383 e. The fourth-order valence-corrected chi connectivity index (χ4v) is 4.47. The van der Waals surface area contributed by atoms with E-state index in [9.17, 15) is 9.59 Å². The number of hydrogen-bond acceptors (Lipinski definition) is 5. The summed E-state index contributed by atoms with van der Waals surface area (Å²) in [6, 6.07) is -0.105. The van der Waals surface area contributed by atoms with Crippen LogP contribution < -0.4 is 5.32 Å². The fourth-order valence-electron chi connectivity index (χ4n) is 3.60. The number of thiophene rings is 1. The molecule has 2 atom stereocenters. The van der Waals surface area contributed by atoms with Gasteiger partial charge in [-0.3, -0.25) is 14.3 Å². The molecule has 7 nitrogen and oxygen atoms in total. The third-order valence-electron chi connectivity index (χ3n) is 5.20. The number of aryl methyl sites for hydroxylation is 2. The van der Waals surface area contributed by atoms with Crippen molar-refractivity contribution in [1.82, 2.24) is 20.0 Å². The van der Waals surface area contributed by atoms with Gasteiger partial charge in [-0.05, 0) is 19.4 Å². The number of carbonyl (C=O) groups is 2. The first-order valence-electron chi connectivity index (χ1n) is 9.02. The first kappa shape index (κ1) is 19.6. The maximum atomic E-state index is 12.6. The van der Waals surface area contributed by atoms with E-state index in [-0.39, 0.29) is 23.8 Å². The highest BCUT2D eigenvalue weighted by atomic mass is 32.1. The van der Waals surface area contributed by atoms with Crippen molar-refractivity contribution in [3.8, 4) is 0 Å². The van der Waals surface area contributed by atoms with Gasteiger partial charge in [0.05, 0.1) is 24.4 Å². The lowest BCUT2D eigenvalue weighted by Gasteiger charge is -2.27. The van der Waals surface area contributed by atoms with E-state index < -0.39 is 0 Å². The normalized spacial score (nSPS) is 19.7. The molecule has 0 bridgehead atoms. The minimum Gasteiger partial charge on any atom is -0.383 e. The Morgan fingerprint density at radius 1 is 1.44 bits per heavy atom. The van der Waals surface area contributed by atoms with E-state index in [1.54, 1.807) is 29.3 Å². The maximum absolute atomic E-state index is 12.6. The van der Waals surface area contributed by atoms with E-state index in [1.807, 2.05) is 37.4 Å². The molecule has 27 heavy (non-hydrogen) atoms. The summed E-state index contributed by atoms with van der Waals surface area (Å²) in [6.07, 6.45) is 4.14. The molecule has 0 saturated carbocycles. The van der Waals surface area contributed by atoms with Gasteiger partial charge in [0.1, 0.15) is 0 Å². The molecule has 1 aliphatic heterocycles. The lowest BCUT2D eigenvalue weighted by atomic mass is 9.95. The molecular formula is C19H26N4O3S. The summed E-state index contributed by atoms with van der Waals surface area (Å²) >= 11 is 1.58. The van der Waals surface area contributed by atoms with Crippen LogP contribution in [0.2, 0.25) is 0 Å². The van der Waals surface area contributed by atoms with Gasteiger partial charge in [0.15, 0.2) is 0 Å². The van der Waals surface area contributed by atoms with Crippen molar-refractivity contribution < 1.29 is 14.3 Å². The van der Waals surface area contributed by atoms with Crippen molar-refractivity contribution >= 4 is 23.2 Å². The van der Waals surface area contributed by atoms with Crippen LogP contribution in [0.5, 0.6) is 0 Å². The standard InChI is InChI=1S/C19H26N4O3S/c1-12-13(2)27-11-16(12)19(25)20-8-14-7-17(24)23(5-6-26-4)18(14)15-9-21-22(3)10-15/h9-11,14,18H,5-8H2,1-4H3,(H,20,25)/t14-,18+/m1/s1. The van der Waals surface area contributed by atoms with Crippen molar-refractivity contribution in [2.24, 2.45) is 13.0 Å². The van der Waals surface area contributed by atoms with Crippen molar-refractivity contribution in [2.45, 2.75) is 26.3 Å². The lowest BCUT2D eigenvalue weighted by molar-refractivity contribution is -0.129. The van der Waals surface area contributed by atoms with Gasteiger partial charge in [-0.2, -0.15) is 5.10 Å². The quantitative estimate of drug-likeness (QED) is 0.785. The van der Waals surface area contributed by atoms with E-state index in [2.05, 4.69) is 10.4 Å². The van der Waals surface area contributed by atoms with Gasteiger partial charge < -0.3 is 15.0 Å². The smallest absolute Gasteiger partial charge is 0.252 e. The van der Waals surface area contributed by atoms with Crippen molar-refractivity contribution in [3.63, 3.8) is 0 Å². The third-order valence-corrected chi connectivity index (χ3v) is 6.21. The molecule has 3 rings (SSSR count). The van der Waals surface area contributed by atoms with Crippen LogP contribution in [0.15, 0.2) is 17.8 Å². The number of nitrogens with zero attached hydrogens (tertiary/aromatic N) is 3. The minimum absolute atomic E-state index is 0.00236. The van der Waals surface area contributed by atoms with Crippen LogP contribution in [0.1, 0.15) is 38.8 Å². The number of amides is 2. The summed E-state index contributed by atoms with van der Waals surface area (Å²) < 4.78 is 6.90. The Labute approximate surface area is 163 Å². The van der Waals surface area contributed by atoms with Gasteiger partial charge in [-0.1, -0.05) is 0 Å². The zero-order valence-corrected chi connectivity index (χ0v) is 17.0. The van der Waals surface area contributed by atoms with Crippen molar-refractivity contribution in [2.75, 3.05) is 26.8 Å². The maximum Gasteiger partial charge on any atom is 0.252 e. The van der Waals surface area contributed by atoms with Crippen LogP contribution in [0, 0.1) is 19.8 Å². The first-order valence-corrected chi connectivity index (χ1v) is 9.90. The highest BCUT2D eigenvalue weighted by molar-refractivity contribution is 7.10. The number of ether oxygens (including phenoxy) is 1. The van der Waals surface area contributed by atoms with E-state index in [0.29, 0.717) is 26.1 Å². The Balaban J connectivity index is 1.75. The average Bonchev–Trinajstić information content (AvgIpc) is 3.29. The first-order chi connectivity index (χ1) is 12.9. The van der Waals surface area contributed by atoms with Gasteiger partial charge in [0.25, 0.3) is 5.91 Å². The number of hydrogen-bond donors (Lipinski definition) is 1. The summed E-state index contributed by atoms with van der Waals surface area (Å²) in [4.78, 5) is 28.2. The summed E-state index contributed by atoms with van der Waals surface area (Å²) in [5.74, 6) is 0.00910. The van der Waals surface area contributed by atoms with Gasteiger partial charge in [0.2, 0.25) is 5.91 Å². The Kier molecular flexibility index (Phi) is 5.96. The summed E-state index contributed by atoms with van der Waals surface area (Å²) in [5, 5.41) is 9.18. The van der Waals surface area contributed by atoms with E-state index in [1.165, 1.54) is 0 Å². The monoisotopic (exact) mass is 390 g/mol. The Bertz CT molecular complexity index is 829. The lowest BCUT2D eigenvalue weighted by Crippen LogP contribution is -2.35. The highest BCUT2D eigenvalue weighted by Crippen LogP contribution is 2.37. The van der Waals surface area contributed by atoms with Crippen LogP contribution in [0.25, 0.3) is 0 Å². The molecule has 0 radical (unpaired) electrons. The zero-order valence-electron chi connectivity index (χ0n) is 16.2. The second-order valence-electron chi connectivity index (χ2n) is 6.98. The number of carbonyl (C=O) groups excluding carboxylic acids is 2. The molecule has 0 aromatic carbocycles. The predicted octanol–water partition coefficient (Wildman–Crippen LogP) is 2.06. The van der Waals surface area contributed by atoms with Crippen LogP contribution in [-0.4, -0.2) is 53.3 Å². The van der Waals surface area contributed by atoms with E-state index in [0.717, 1.165) is 21.6 Å². The Morgan fingerprint density at radius 2 is 2.22 bits per heavy atom. The van der Waals surface area contributed by atoms with Crippen molar-refractivity contribution in [3.05, 3.63) is 39.3 Å². The summed E-state index contributed by atoms with van der Waals surface area (Å²) in [7, 11) is 3.49. The molecule has 2 aromatic heterocycles. The second-order valence-corrected chi connectivity index (χ2v) is 8.06. The Morgan fingerprint density at radius 3 is 2.81 bits per heavy atom. The fraction of sp³-hybridized carbons (Fsp3) is 0.526. The zero-order chi connectivity index (χ0) is 19.6. The summed E-state index contributed by atoms with van der Waals surface area (Å²) in [5.41, 5.74) is 2.72.